The molecule has 2 aromatic carbocycles. The minimum Gasteiger partial charge on any atom is -0.370 e. The molecule has 1 fully saturated rings. The Balaban J connectivity index is 1.45. The average Bonchev–Trinajstić information content (AvgIpc) is 3.21. The van der Waals surface area contributed by atoms with Gasteiger partial charge in [-0.2, -0.15) is 0 Å². The number of halogens is 1. The van der Waals surface area contributed by atoms with Gasteiger partial charge in [0.05, 0.1) is 18.9 Å². The van der Waals surface area contributed by atoms with E-state index >= 15 is 0 Å². The number of nitrogens with one attached hydrogen (secondary N) is 2. The zero-order valence-corrected chi connectivity index (χ0v) is 18.4. The maximum atomic E-state index is 13.8. The summed E-state index contributed by atoms with van der Waals surface area (Å²) in [6, 6.07) is 20.2. The predicted octanol–water partition coefficient (Wildman–Crippen LogP) is 1.48. The van der Waals surface area contributed by atoms with Crippen molar-refractivity contribution in [3.63, 3.8) is 0 Å². The first-order chi connectivity index (χ1) is 15.2. The third-order valence-electron chi connectivity index (χ3n) is 6.20. The molecule has 3 aromatic rings. The van der Waals surface area contributed by atoms with Crippen LogP contribution in [0, 0.1) is 12.7 Å². The molecule has 1 aliphatic rings. The van der Waals surface area contributed by atoms with E-state index in [4.69, 9.17) is 4.74 Å². The molecule has 4 nitrogen and oxygen atoms in total. The fraction of sp³-hybridized carbons (Fsp3) is 0.385. The van der Waals surface area contributed by atoms with Crippen LogP contribution in [-0.2, 0) is 24.4 Å². The van der Waals surface area contributed by atoms with E-state index in [9.17, 15) is 4.39 Å². The Bertz CT molecular complexity index is 947. The Morgan fingerprint density at radius 1 is 0.968 bits per heavy atom. The van der Waals surface area contributed by atoms with Crippen LogP contribution in [0.15, 0.2) is 66.9 Å². The van der Waals surface area contributed by atoms with E-state index in [1.54, 1.807) is 11.0 Å². The summed E-state index contributed by atoms with van der Waals surface area (Å²) < 4.78 is 21.6. The molecule has 2 N–H and O–H groups in total. The lowest BCUT2D eigenvalue weighted by Crippen LogP contribution is -3.20. The second kappa shape index (κ2) is 10.7. The first-order valence-electron chi connectivity index (χ1n) is 11.3. The molecule has 31 heavy (non-hydrogen) atoms. The molecule has 0 amide bonds. The van der Waals surface area contributed by atoms with Gasteiger partial charge >= 0.3 is 0 Å². The molecular weight excluding hydrogens is 389 g/mol. The van der Waals surface area contributed by atoms with Crippen LogP contribution in [-0.4, -0.2) is 44.0 Å². The van der Waals surface area contributed by atoms with Crippen molar-refractivity contribution in [3.05, 3.63) is 95.1 Å². The summed E-state index contributed by atoms with van der Waals surface area (Å²) in [7, 11) is 0. The molecule has 0 bridgehead atoms. The van der Waals surface area contributed by atoms with Gasteiger partial charge in [0.15, 0.2) is 0 Å². The Labute approximate surface area is 184 Å². The molecule has 2 heterocycles. The Morgan fingerprint density at radius 3 is 2.55 bits per heavy atom. The topological polar surface area (TPSA) is 23.0 Å². The van der Waals surface area contributed by atoms with E-state index in [0.717, 1.165) is 64.6 Å². The zero-order valence-electron chi connectivity index (χ0n) is 18.4. The van der Waals surface area contributed by atoms with E-state index in [-0.39, 0.29) is 5.82 Å². The number of ether oxygens (including phenoxy) is 1. The number of nitrogens with zero attached hydrogens (tertiary/aromatic N) is 1. The largest absolute Gasteiger partial charge is 0.370 e. The minimum atomic E-state index is -0.154. The first kappa shape index (κ1) is 21.8. The lowest BCUT2D eigenvalue weighted by molar-refractivity contribution is -0.975. The van der Waals surface area contributed by atoms with Crippen molar-refractivity contribution in [2.24, 2.45) is 0 Å². The highest BCUT2D eigenvalue weighted by Crippen LogP contribution is 2.09. The maximum Gasteiger partial charge on any atom is 0.127 e. The van der Waals surface area contributed by atoms with Gasteiger partial charge in [-0.15, -0.1) is 0 Å². The third-order valence-corrected chi connectivity index (χ3v) is 6.20. The second-order valence-electron chi connectivity index (χ2n) is 8.71. The Hall–Kier alpha value is -2.47. The number of aromatic nitrogens is 1. The van der Waals surface area contributed by atoms with Crippen molar-refractivity contribution in [1.82, 2.24) is 4.57 Å². The molecular formula is C26H34FN3O+2. The summed E-state index contributed by atoms with van der Waals surface area (Å²) in [6.07, 6.45) is 2.17. The molecule has 1 unspecified atom stereocenters. The maximum absolute atomic E-state index is 13.8. The van der Waals surface area contributed by atoms with Crippen molar-refractivity contribution in [2.75, 3.05) is 39.4 Å². The molecule has 1 atom stereocenters. The van der Waals surface area contributed by atoms with Crippen molar-refractivity contribution in [3.8, 4) is 0 Å². The molecule has 1 saturated heterocycles. The summed E-state index contributed by atoms with van der Waals surface area (Å²) in [5, 5.41) is 0. The normalized spacial score (nSPS) is 15.8. The molecule has 4 rings (SSSR count). The first-order valence-corrected chi connectivity index (χ1v) is 11.3. The number of aryl methyl sites for hydroxylation is 1. The van der Waals surface area contributed by atoms with E-state index in [1.807, 2.05) is 12.1 Å². The van der Waals surface area contributed by atoms with Crippen LogP contribution in [0.25, 0.3) is 0 Å². The molecule has 1 aliphatic heterocycles. The van der Waals surface area contributed by atoms with Crippen LogP contribution in [0.4, 0.5) is 4.39 Å². The standard InChI is InChI=1S/C26H32FN3O/c1-22-7-9-23(10-8-22)20-30-11-3-6-26(30)21-29(13-12-28-14-16-31-17-15-28)19-24-4-2-5-25(27)18-24/h2-11,18H,12-17,19-21H2,1H3/p+2. The van der Waals surface area contributed by atoms with E-state index in [2.05, 4.69) is 54.1 Å². The van der Waals surface area contributed by atoms with Gasteiger partial charge in [-0.3, -0.25) is 0 Å². The number of rotatable bonds is 9. The molecule has 1 aromatic heterocycles. The quantitative estimate of drug-likeness (QED) is 0.535. The number of morpholine rings is 1. The number of hydrogen-bond donors (Lipinski definition) is 2. The van der Waals surface area contributed by atoms with E-state index in [1.165, 1.54) is 27.8 Å². The van der Waals surface area contributed by atoms with Crippen molar-refractivity contribution in [1.29, 1.82) is 0 Å². The molecule has 0 saturated carbocycles. The number of hydrogen-bond acceptors (Lipinski definition) is 1. The molecule has 5 heteroatoms. The molecule has 0 spiro atoms. The summed E-state index contributed by atoms with van der Waals surface area (Å²) in [5.41, 5.74) is 4.98. The van der Waals surface area contributed by atoms with Gasteiger partial charge in [0.25, 0.3) is 0 Å². The fourth-order valence-electron chi connectivity index (χ4n) is 4.35. The van der Waals surface area contributed by atoms with Crippen LogP contribution >= 0.6 is 0 Å². The molecule has 0 aliphatic carbocycles. The average molecular weight is 424 g/mol. The van der Waals surface area contributed by atoms with Crippen LogP contribution < -0.4 is 9.80 Å². The fourth-order valence-corrected chi connectivity index (χ4v) is 4.35. The monoisotopic (exact) mass is 423 g/mol. The van der Waals surface area contributed by atoms with Crippen molar-refractivity contribution < 1.29 is 18.9 Å². The predicted molar refractivity (Wildman–Crippen MR) is 121 cm³/mol. The van der Waals surface area contributed by atoms with Gasteiger partial charge in [0.1, 0.15) is 45.1 Å². The van der Waals surface area contributed by atoms with Gasteiger partial charge in [-0.1, -0.05) is 42.0 Å². The minimum absolute atomic E-state index is 0.154. The van der Waals surface area contributed by atoms with Gasteiger partial charge in [0.2, 0.25) is 0 Å². The van der Waals surface area contributed by atoms with Gasteiger partial charge in [0, 0.05) is 18.3 Å². The van der Waals surface area contributed by atoms with E-state index < -0.39 is 0 Å². The van der Waals surface area contributed by atoms with Crippen molar-refractivity contribution in [2.45, 2.75) is 26.6 Å². The van der Waals surface area contributed by atoms with Crippen LogP contribution in [0.3, 0.4) is 0 Å². The number of benzene rings is 2. The summed E-state index contributed by atoms with van der Waals surface area (Å²) in [6.45, 7) is 10.8. The van der Waals surface area contributed by atoms with Crippen LogP contribution in [0.5, 0.6) is 0 Å². The Morgan fingerprint density at radius 2 is 1.77 bits per heavy atom. The SMILES string of the molecule is Cc1ccc(Cn2cccc2C[NH+](CC[NH+]2CCOCC2)Cc2cccc(F)c2)cc1. The lowest BCUT2D eigenvalue weighted by atomic mass is 10.1. The summed E-state index contributed by atoms with van der Waals surface area (Å²) >= 11 is 0. The van der Waals surface area contributed by atoms with Gasteiger partial charge in [-0.25, -0.2) is 4.39 Å². The van der Waals surface area contributed by atoms with Crippen LogP contribution in [0.1, 0.15) is 22.4 Å². The number of quaternary nitrogens is 2. The van der Waals surface area contributed by atoms with E-state index in [0.29, 0.717) is 0 Å². The summed E-state index contributed by atoms with van der Waals surface area (Å²) in [4.78, 5) is 3.08. The highest BCUT2D eigenvalue weighted by molar-refractivity contribution is 5.22. The highest BCUT2D eigenvalue weighted by Gasteiger charge is 2.19. The smallest absolute Gasteiger partial charge is 0.127 e. The third kappa shape index (κ3) is 6.50. The zero-order chi connectivity index (χ0) is 21.5. The van der Waals surface area contributed by atoms with Gasteiger partial charge < -0.3 is 19.1 Å². The van der Waals surface area contributed by atoms with Crippen LogP contribution in [0.2, 0.25) is 0 Å². The molecule has 0 radical (unpaired) electrons. The lowest BCUT2D eigenvalue weighted by Gasteiger charge is -2.26. The van der Waals surface area contributed by atoms with Crippen molar-refractivity contribution >= 4 is 0 Å². The highest BCUT2D eigenvalue weighted by atomic mass is 19.1. The Kier molecular flexibility index (Phi) is 7.52. The second-order valence-corrected chi connectivity index (χ2v) is 8.71. The molecule has 164 valence electrons. The summed E-state index contributed by atoms with van der Waals surface area (Å²) in [5.74, 6) is -0.154. The van der Waals surface area contributed by atoms with Gasteiger partial charge in [-0.05, 0) is 36.8 Å².